The summed E-state index contributed by atoms with van der Waals surface area (Å²) in [6, 6.07) is 14.7. The summed E-state index contributed by atoms with van der Waals surface area (Å²) < 4.78 is 31.6. The monoisotopic (exact) mass is 419 g/mol. The highest BCUT2D eigenvalue weighted by Crippen LogP contribution is 2.21. The zero-order chi connectivity index (χ0) is 20.3. The topological polar surface area (TPSA) is 76.3 Å². The third-order valence-corrected chi connectivity index (χ3v) is 6.39. The normalized spacial score (nSPS) is 12.1. The largest absolute Gasteiger partial charge is 0.338 e. The van der Waals surface area contributed by atoms with Crippen LogP contribution >= 0.6 is 11.6 Å². The molecule has 0 amide bonds. The maximum atomic E-state index is 12.6. The van der Waals surface area contributed by atoms with Crippen molar-refractivity contribution in [3.05, 3.63) is 70.6 Å². The van der Waals surface area contributed by atoms with Gasteiger partial charge in [0, 0.05) is 17.6 Å². The molecule has 28 heavy (non-hydrogen) atoms. The van der Waals surface area contributed by atoms with Crippen molar-refractivity contribution in [2.75, 3.05) is 7.05 Å². The van der Waals surface area contributed by atoms with Gasteiger partial charge in [-0.05, 0) is 29.2 Å². The van der Waals surface area contributed by atoms with Crippen LogP contribution in [0.3, 0.4) is 0 Å². The van der Waals surface area contributed by atoms with Crippen LogP contribution in [0.25, 0.3) is 11.4 Å². The van der Waals surface area contributed by atoms with E-state index in [1.54, 1.807) is 24.3 Å². The first-order chi connectivity index (χ1) is 13.2. The first-order valence-corrected chi connectivity index (χ1v) is 10.8. The second-order valence-corrected chi connectivity index (χ2v) is 9.44. The Balaban J connectivity index is 1.70. The second kappa shape index (κ2) is 8.43. The van der Waals surface area contributed by atoms with E-state index in [0.29, 0.717) is 22.3 Å². The Hall–Kier alpha value is -2.22. The molecule has 0 saturated carbocycles. The molecule has 148 valence electrons. The molecule has 0 N–H and O–H groups in total. The number of hydrogen-bond donors (Lipinski definition) is 0. The van der Waals surface area contributed by atoms with Crippen molar-refractivity contribution in [1.29, 1.82) is 0 Å². The zero-order valence-corrected chi connectivity index (χ0v) is 17.5. The van der Waals surface area contributed by atoms with Gasteiger partial charge in [-0.15, -0.1) is 0 Å². The lowest BCUT2D eigenvalue weighted by atomic mass is 10.0. The molecule has 0 atom stereocenters. The van der Waals surface area contributed by atoms with Crippen molar-refractivity contribution in [3.8, 4) is 11.4 Å². The molecule has 0 aliphatic heterocycles. The Morgan fingerprint density at radius 1 is 1.14 bits per heavy atom. The molecule has 8 heteroatoms. The lowest BCUT2D eigenvalue weighted by molar-refractivity contribution is 0.336. The summed E-state index contributed by atoms with van der Waals surface area (Å²) in [6.45, 7) is 4.25. The van der Waals surface area contributed by atoms with Crippen LogP contribution in [0.4, 0.5) is 0 Å². The van der Waals surface area contributed by atoms with E-state index in [1.165, 1.54) is 16.9 Å². The maximum absolute atomic E-state index is 12.6. The molecular formula is C20H22ClN3O3S. The van der Waals surface area contributed by atoms with Crippen LogP contribution in [0, 0.1) is 0 Å². The highest BCUT2D eigenvalue weighted by Gasteiger charge is 2.22. The van der Waals surface area contributed by atoms with Crippen LogP contribution in [0.1, 0.15) is 36.8 Å². The number of sulfonamides is 1. The summed E-state index contributed by atoms with van der Waals surface area (Å²) in [5.74, 6) is 0.959. The number of rotatable bonds is 7. The second-order valence-electron chi connectivity index (χ2n) is 6.93. The van der Waals surface area contributed by atoms with Crippen LogP contribution in [0.2, 0.25) is 5.02 Å². The van der Waals surface area contributed by atoms with Crippen molar-refractivity contribution in [1.82, 2.24) is 14.4 Å². The highest BCUT2D eigenvalue weighted by molar-refractivity contribution is 7.88. The fourth-order valence-corrected chi connectivity index (χ4v) is 4.03. The molecule has 3 rings (SSSR count). The molecule has 0 aliphatic rings. The van der Waals surface area contributed by atoms with E-state index in [-0.39, 0.29) is 18.2 Å². The molecule has 0 radical (unpaired) electrons. The molecule has 0 bridgehead atoms. The smallest absolute Gasteiger partial charge is 0.242 e. The maximum Gasteiger partial charge on any atom is 0.242 e. The predicted molar refractivity (Wildman–Crippen MR) is 109 cm³/mol. The Bertz CT molecular complexity index is 1050. The van der Waals surface area contributed by atoms with E-state index in [9.17, 15) is 8.42 Å². The van der Waals surface area contributed by atoms with Gasteiger partial charge in [0.2, 0.25) is 21.7 Å². The summed E-state index contributed by atoms with van der Waals surface area (Å²) in [7, 11) is -2.06. The third kappa shape index (κ3) is 4.98. The number of benzene rings is 2. The van der Waals surface area contributed by atoms with Crippen LogP contribution in [-0.4, -0.2) is 29.9 Å². The van der Waals surface area contributed by atoms with Crippen molar-refractivity contribution < 1.29 is 12.9 Å². The summed E-state index contributed by atoms with van der Waals surface area (Å²) in [4.78, 5) is 4.32. The van der Waals surface area contributed by atoms with E-state index in [0.717, 1.165) is 5.56 Å². The predicted octanol–water partition coefficient (Wildman–Crippen LogP) is 4.48. The van der Waals surface area contributed by atoms with Gasteiger partial charge in [0.15, 0.2) is 0 Å². The van der Waals surface area contributed by atoms with Gasteiger partial charge in [-0.3, -0.25) is 0 Å². The Morgan fingerprint density at radius 2 is 1.86 bits per heavy atom. The highest BCUT2D eigenvalue weighted by atomic mass is 35.5. The fourth-order valence-electron chi connectivity index (χ4n) is 2.69. The molecule has 0 saturated heterocycles. The van der Waals surface area contributed by atoms with Gasteiger partial charge in [-0.25, -0.2) is 8.42 Å². The van der Waals surface area contributed by atoms with Crippen molar-refractivity contribution in [2.45, 2.75) is 32.1 Å². The summed E-state index contributed by atoms with van der Waals surface area (Å²) in [5, 5.41) is 4.47. The molecular weight excluding hydrogens is 398 g/mol. The van der Waals surface area contributed by atoms with Crippen molar-refractivity contribution in [2.24, 2.45) is 0 Å². The molecule has 0 aliphatic carbocycles. The lowest BCUT2D eigenvalue weighted by Crippen LogP contribution is -2.27. The van der Waals surface area contributed by atoms with E-state index in [4.69, 9.17) is 16.1 Å². The van der Waals surface area contributed by atoms with Crippen molar-refractivity contribution >= 4 is 21.6 Å². The Morgan fingerprint density at radius 3 is 2.50 bits per heavy atom. The number of hydrogen-bond acceptors (Lipinski definition) is 5. The third-order valence-electron chi connectivity index (χ3n) is 4.37. The van der Waals surface area contributed by atoms with Gasteiger partial charge in [0.05, 0.1) is 12.3 Å². The molecule has 6 nitrogen and oxygen atoms in total. The van der Waals surface area contributed by atoms with Crippen LogP contribution in [0.5, 0.6) is 0 Å². The van der Waals surface area contributed by atoms with Gasteiger partial charge in [-0.2, -0.15) is 9.29 Å². The summed E-state index contributed by atoms with van der Waals surface area (Å²) in [5.41, 5.74) is 2.67. The summed E-state index contributed by atoms with van der Waals surface area (Å²) in [6.07, 6.45) is 0. The van der Waals surface area contributed by atoms with Crippen LogP contribution < -0.4 is 0 Å². The molecule has 1 heterocycles. The van der Waals surface area contributed by atoms with E-state index in [1.807, 2.05) is 24.3 Å². The quantitative estimate of drug-likeness (QED) is 0.564. The SMILES string of the molecule is CC(C)c1ccc(-c2noc(CN(C)S(=O)(=O)Cc3cccc(Cl)c3)n2)cc1. The molecule has 0 unspecified atom stereocenters. The van der Waals surface area contributed by atoms with Crippen LogP contribution in [0.15, 0.2) is 53.1 Å². The van der Waals surface area contributed by atoms with Crippen LogP contribution in [-0.2, 0) is 22.3 Å². The summed E-state index contributed by atoms with van der Waals surface area (Å²) >= 11 is 5.93. The number of aromatic nitrogens is 2. The van der Waals surface area contributed by atoms with Gasteiger partial charge in [0.1, 0.15) is 0 Å². The van der Waals surface area contributed by atoms with Crippen molar-refractivity contribution in [3.63, 3.8) is 0 Å². The van der Waals surface area contributed by atoms with Gasteiger partial charge in [0.25, 0.3) is 0 Å². The Kier molecular flexibility index (Phi) is 6.17. The minimum Gasteiger partial charge on any atom is -0.338 e. The molecule has 3 aromatic rings. The average Bonchev–Trinajstić information content (AvgIpc) is 3.10. The minimum absolute atomic E-state index is 0.0000231. The molecule has 0 spiro atoms. The fraction of sp³-hybridized carbons (Fsp3) is 0.300. The lowest BCUT2D eigenvalue weighted by Gasteiger charge is -2.15. The van der Waals surface area contributed by atoms with E-state index >= 15 is 0 Å². The first-order valence-electron chi connectivity index (χ1n) is 8.86. The van der Waals surface area contributed by atoms with E-state index < -0.39 is 10.0 Å². The van der Waals surface area contributed by atoms with E-state index in [2.05, 4.69) is 24.0 Å². The average molecular weight is 420 g/mol. The number of halogens is 1. The van der Waals surface area contributed by atoms with Gasteiger partial charge < -0.3 is 4.52 Å². The minimum atomic E-state index is -3.55. The van der Waals surface area contributed by atoms with Gasteiger partial charge >= 0.3 is 0 Å². The first kappa shape index (κ1) is 20.5. The molecule has 2 aromatic carbocycles. The molecule has 0 fully saturated rings. The van der Waals surface area contributed by atoms with Gasteiger partial charge in [-0.1, -0.05) is 67.0 Å². The zero-order valence-electron chi connectivity index (χ0n) is 16.0. The Labute approximate surface area is 170 Å². The number of nitrogens with zero attached hydrogens (tertiary/aromatic N) is 3. The molecule has 1 aromatic heterocycles. The standard InChI is InChI=1S/C20H22ClN3O3S/c1-14(2)16-7-9-17(10-8-16)20-22-19(27-23-20)12-24(3)28(25,26)13-15-5-4-6-18(21)11-15/h4-11,14H,12-13H2,1-3H3.